The zero-order valence-electron chi connectivity index (χ0n) is 14.1. The second kappa shape index (κ2) is 7.99. The van der Waals surface area contributed by atoms with Crippen LogP contribution in [0.15, 0.2) is 64.2 Å². The summed E-state index contributed by atoms with van der Waals surface area (Å²) in [7, 11) is -2.55. The molecule has 0 unspecified atom stereocenters. The number of halogens is 1. The Hall–Kier alpha value is -2.55. The third-order valence-corrected chi connectivity index (χ3v) is 6.14. The smallest absolute Gasteiger partial charge is 0.263 e. The van der Waals surface area contributed by atoms with Gasteiger partial charge in [-0.25, -0.2) is 8.42 Å². The molecule has 0 atom stereocenters. The first-order valence-electron chi connectivity index (χ1n) is 7.69. The molecule has 2 N–H and O–H groups in total. The van der Waals surface area contributed by atoms with Gasteiger partial charge in [-0.15, -0.1) is 0 Å². The van der Waals surface area contributed by atoms with Crippen molar-refractivity contribution in [1.82, 2.24) is 0 Å². The van der Waals surface area contributed by atoms with E-state index in [-0.39, 0.29) is 21.5 Å². The molecule has 0 aliphatic carbocycles. The number of carbonyl (C=O) groups excluding carboxylic acids is 1. The number of nitrogens with one attached hydrogen (secondary N) is 2. The Morgan fingerprint density at radius 1 is 1.15 bits per heavy atom. The number of thiophene rings is 1. The van der Waals surface area contributed by atoms with E-state index in [1.807, 2.05) is 0 Å². The van der Waals surface area contributed by atoms with Gasteiger partial charge in [0.15, 0.2) is 0 Å². The summed E-state index contributed by atoms with van der Waals surface area (Å²) in [5.74, 6) is 0.0405. The molecule has 1 amide bonds. The van der Waals surface area contributed by atoms with E-state index in [9.17, 15) is 13.2 Å². The van der Waals surface area contributed by atoms with Gasteiger partial charge < -0.3 is 10.1 Å². The highest BCUT2D eigenvalue weighted by molar-refractivity contribution is 7.92. The first kappa shape index (κ1) is 19.2. The monoisotopic (exact) mass is 422 g/mol. The molecule has 2 aromatic carbocycles. The molecule has 0 spiro atoms. The van der Waals surface area contributed by atoms with Crippen LogP contribution in [0.3, 0.4) is 0 Å². The van der Waals surface area contributed by atoms with Gasteiger partial charge in [-0.3, -0.25) is 9.52 Å². The number of benzene rings is 2. The lowest BCUT2D eigenvalue weighted by molar-refractivity contribution is 0.102. The van der Waals surface area contributed by atoms with Crippen molar-refractivity contribution >= 4 is 50.2 Å². The molecule has 0 saturated heterocycles. The molecule has 0 bridgehead atoms. The standard InChI is InChI=1S/C18H15ClN2O4S2/c1-25-16-5-3-2-4-15(16)21-27(23,24)17-10-13(6-7-14(17)19)20-18(22)12-8-9-26-11-12/h2-11,21H,1H3,(H,20,22). The number of anilines is 2. The molecule has 0 saturated carbocycles. The van der Waals surface area contributed by atoms with Crippen molar-refractivity contribution in [1.29, 1.82) is 0 Å². The number of hydrogen-bond acceptors (Lipinski definition) is 5. The van der Waals surface area contributed by atoms with Gasteiger partial charge in [0.2, 0.25) is 0 Å². The van der Waals surface area contributed by atoms with Gasteiger partial charge >= 0.3 is 0 Å². The van der Waals surface area contributed by atoms with Crippen LogP contribution in [0.4, 0.5) is 11.4 Å². The summed E-state index contributed by atoms with van der Waals surface area (Å²) in [6, 6.07) is 12.6. The highest BCUT2D eigenvalue weighted by Gasteiger charge is 2.21. The van der Waals surface area contributed by atoms with E-state index in [0.29, 0.717) is 17.0 Å². The van der Waals surface area contributed by atoms with Crippen LogP contribution >= 0.6 is 22.9 Å². The van der Waals surface area contributed by atoms with Gasteiger partial charge in [0.1, 0.15) is 10.6 Å². The summed E-state index contributed by atoms with van der Waals surface area (Å²) in [4.78, 5) is 12.0. The first-order valence-corrected chi connectivity index (χ1v) is 10.5. The number of methoxy groups -OCH3 is 1. The quantitative estimate of drug-likeness (QED) is 0.614. The number of amides is 1. The van der Waals surface area contributed by atoms with Crippen LogP contribution in [0, 0.1) is 0 Å². The van der Waals surface area contributed by atoms with E-state index in [4.69, 9.17) is 16.3 Å². The van der Waals surface area contributed by atoms with E-state index in [1.165, 1.54) is 36.6 Å². The number of rotatable bonds is 6. The Labute approximate surface area is 165 Å². The second-order valence-corrected chi connectivity index (χ2v) is 8.26. The van der Waals surface area contributed by atoms with Gasteiger partial charge in [0.25, 0.3) is 15.9 Å². The lowest BCUT2D eigenvalue weighted by Crippen LogP contribution is -2.15. The van der Waals surface area contributed by atoms with Crippen molar-refractivity contribution in [3.63, 3.8) is 0 Å². The van der Waals surface area contributed by atoms with Gasteiger partial charge in [0, 0.05) is 11.1 Å². The topological polar surface area (TPSA) is 84.5 Å². The average molecular weight is 423 g/mol. The third-order valence-electron chi connectivity index (χ3n) is 3.61. The van der Waals surface area contributed by atoms with E-state index in [0.717, 1.165) is 0 Å². The number of hydrogen-bond donors (Lipinski definition) is 2. The van der Waals surface area contributed by atoms with Gasteiger partial charge in [-0.2, -0.15) is 11.3 Å². The van der Waals surface area contributed by atoms with E-state index >= 15 is 0 Å². The van der Waals surface area contributed by atoms with Crippen molar-refractivity contribution in [2.75, 3.05) is 17.1 Å². The lowest BCUT2D eigenvalue weighted by atomic mass is 10.3. The Morgan fingerprint density at radius 2 is 1.93 bits per heavy atom. The molecule has 1 aromatic heterocycles. The Balaban J connectivity index is 1.90. The van der Waals surface area contributed by atoms with Gasteiger partial charge in [-0.05, 0) is 41.8 Å². The zero-order chi connectivity index (χ0) is 19.4. The molecular formula is C18H15ClN2O4S2. The lowest BCUT2D eigenvalue weighted by Gasteiger charge is -2.13. The SMILES string of the molecule is COc1ccccc1NS(=O)(=O)c1cc(NC(=O)c2ccsc2)ccc1Cl. The number of para-hydroxylation sites is 2. The van der Waals surface area contributed by atoms with Crippen LogP contribution in [-0.4, -0.2) is 21.4 Å². The van der Waals surface area contributed by atoms with Crippen LogP contribution in [0.2, 0.25) is 5.02 Å². The first-order chi connectivity index (χ1) is 12.9. The summed E-state index contributed by atoms with van der Waals surface area (Å²) >= 11 is 7.49. The molecule has 6 nitrogen and oxygen atoms in total. The molecule has 3 aromatic rings. The zero-order valence-corrected chi connectivity index (χ0v) is 16.5. The molecule has 0 aliphatic rings. The maximum absolute atomic E-state index is 12.8. The predicted octanol–water partition coefficient (Wildman–Crippen LogP) is 4.46. The summed E-state index contributed by atoms with van der Waals surface area (Å²) < 4.78 is 33.2. The molecule has 27 heavy (non-hydrogen) atoms. The molecule has 0 fully saturated rings. The highest BCUT2D eigenvalue weighted by Crippen LogP contribution is 2.30. The van der Waals surface area contributed by atoms with Crippen molar-refractivity contribution in [2.45, 2.75) is 4.90 Å². The van der Waals surface area contributed by atoms with Crippen molar-refractivity contribution in [3.05, 3.63) is 69.9 Å². The minimum absolute atomic E-state index is 0.0333. The second-order valence-electron chi connectivity index (χ2n) is 5.42. The summed E-state index contributed by atoms with van der Waals surface area (Å²) in [5, 5.41) is 6.18. The number of sulfonamides is 1. The summed E-state index contributed by atoms with van der Waals surface area (Å²) in [6.07, 6.45) is 0. The van der Waals surface area contributed by atoms with Gasteiger partial charge in [0.05, 0.1) is 23.4 Å². The van der Waals surface area contributed by atoms with Crippen LogP contribution in [0.25, 0.3) is 0 Å². The largest absolute Gasteiger partial charge is 0.495 e. The highest BCUT2D eigenvalue weighted by atomic mass is 35.5. The van der Waals surface area contributed by atoms with Crippen LogP contribution < -0.4 is 14.8 Å². The summed E-state index contributed by atoms with van der Waals surface area (Å²) in [6.45, 7) is 0. The fourth-order valence-corrected chi connectivity index (χ4v) is 4.55. The van der Waals surface area contributed by atoms with Gasteiger partial charge in [-0.1, -0.05) is 23.7 Å². The maximum Gasteiger partial charge on any atom is 0.263 e. The van der Waals surface area contributed by atoms with Crippen molar-refractivity contribution in [3.8, 4) is 5.75 Å². The van der Waals surface area contributed by atoms with Crippen LogP contribution in [0.1, 0.15) is 10.4 Å². The fraction of sp³-hybridized carbons (Fsp3) is 0.0556. The van der Waals surface area contributed by atoms with E-state index in [2.05, 4.69) is 10.0 Å². The molecule has 9 heteroatoms. The molecule has 1 heterocycles. The van der Waals surface area contributed by atoms with E-state index in [1.54, 1.807) is 41.1 Å². The predicted molar refractivity (Wildman–Crippen MR) is 108 cm³/mol. The minimum atomic E-state index is -4.00. The van der Waals surface area contributed by atoms with E-state index < -0.39 is 10.0 Å². The normalized spacial score (nSPS) is 11.0. The minimum Gasteiger partial charge on any atom is -0.495 e. The maximum atomic E-state index is 12.8. The molecular weight excluding hydrogens is 408 g/mol. The molecule has 0 aliphatic heterocycles. The molecule has 0 radical (unpaired) electrons. The fourth-order valence-electron chi connectivity index (χ4n) is 2.31. The molecule has 140 valence electrons. The third kappa shape index (κ3) is 4.41. The van der Waals surface area contributed by atoms with Crippen molar-refractivity contribution < 1.29 is 17.9 Å². The average Bonchev–Trinajstić information content (AvgIpc) is 3.18. The number of ether oxygens (including phenoxy) is 1. The van der Waals surface area contributed by atoms with Crippen LogP contribution in [-0.2, 0) is 10.0 Å². The summed E-state index contributed by atoms with van der Waals surface area (Å²) in [5.41, 5.74) is 1.09. The Morgan fingerprint density at radius 3 is 2.63 bits per heavy atom. The Bertz CT molecular complexity index is 1070. The van der Waals surface area contributed by atoms with Crippen LogP contribution in [0.5, 0.6) is 5.75 Å². The van der Waals surface area contributed by atoms with Crippen molar-refractivity contribution in [2.24, 2.45) is 0 Å². The molecule has 3 rings (SSSR count). The number of carbonyl (C=O) groups is 1. The Kier molecular flexibility index (Phi) is 5.69.